The van der Waals surface area contributed by atoms with Gasteiger partial charge >= 0.3 is 0 Å². The molecule has 1 nitrogen and oxygen atoms in total. The maximum absolute atomic E-state index is 14.2. The number of hydrogen-bond acceptors (Lipinski definition) is 1. The topological polar surface area (TPSA) is 12.9 Å². The Bertz CT molecular complexity index is 695. The summed E-state index contributed by atoms with van der Waals surface area (Å²) in [5.74, 6) is -0.160. The molecule has 1 aromatic heterocycles. The van der Waals surface area contributed by atoms with Gasteiger partial charge in [0, 0.05) is 18.3 Å². The van der Waals surface area contributed by atoms with Crippen LogP contribution in [0.2, 0.25) is 0 Å². The van der Waals surface area contributed by atoms with Crippen molar-refractivity contribution in [2.45, 2.75) is 12.3 Å². The minimum absolute atomic E-state index is 0.00315. The molecule has 0 spiro atoms. The minimum atomic E-state index is -0.157. The standard InChI is InChI=1S/C19H16FN/c20-19-11-5-4-10-17(19)18(16-8-2-1-3-9-16)13-15-7-6-12-21-14-15/h1-12,14,18H,13H2. The second-order valence-electron chi connectivity index (χ2n) is 5.05. The molecule has 1 atom stereocenters. The summed E-state index contributed by atoms with van der Waals surface area (Å²) in [4.78, 5) is 4.15. The molecule has 1 unspecified atom stereocenters. The van der Waals surface area contributed by atoms with E-state index in [1.165, 1.54) is 6.07 Å². The first-order valence-electron chi connectivity index (χ1n) is 7.03. The van der Waals surface area contributed by atoms with Gasteiger partial charge in [0.15, 0.2) is 0 Å². The predicted molar refractivity (Wildman–Crippen MR) is 82.6 cm³/mol. The van der Waals surface area contributed by atoms with E-state index in [1.54, 1.807) is 12.3 Å². The van der Waals surface area contributed by atoms with Crippen molar-refractivity contribution in [3.8, 4) is 0 Å². The van der Waals surface area contributed by atoms with Gasteiger partial charge in [-0.25, -0.2) is 4.39 Å². The summed E-state index contributed by atoms with van der Waals surface area (Å²) in [5, 5.41) is 0. The summed E-state index contributed by atoms with van der Waals surface area (Å²) in [7, 11) is 0. The van der Waals surface area contributed by atoms with E-state index in [0.29, 0.717) is 0 Å². The summed E-state index contributed by atoms with van der Waals surface area (Å²) in [6, 6.07) is 21.0. The Hall–Kier alpha value is -2.48. The van der Waals surface area contributed by atoms with Crippen molar-refractivity contribution >= 4 is 0 Å². The molecule has 3 aromatic rings. The molecule has 0 radical (unpaired) electrons. The van der Waals surface area contributed by atoms with Crippen LogP contribution in [0, 0.1) is 5.82 Å². The van der Waals surface area contributed by atoms with Gasteiger partial charge in [0.25, 0.3) is 0 Å². The summed E-state index contributed by atoms with van der Waals surface area (Å²) >= 11 is 0. The number of pyridine rings is 1. The van der Waals surface area contributed by atoms with Crippen molar-refractivity contribution in [3.63, 3.8) is 0 Å². The van der Waals surface area contributed by atoms with Gasteiger partial charge in [-0.15, -0.1) is 0 Å². The van der Waals surface area contributed by atoms with Crippen molar-refractivity contribution in [3.05, 3.63) is 102 Å². The molecule has 2 heteroatoms. The fraction of sp³-hybridized carbons (Fsp3) is 0.105. The van der Waals surface area contributed by atoms with E-state index < -0.39 is 0 Å². The molecule has 0 aliphatic carbocycles. The maximum Gasteiger partial charge on any atom is 0.127 e. The lowest BCUT2D eigenvalue weighted by atomic mass is 9.86. The predicted octanol–water partition coefficient (Wildman–Crippen LogP) is 4.60. The Morgan fingerprint density at radius 2 is 1.62 bits per heavy atom. The fourth-order valence-electron chi connectivity index (χ4n) is 2.60. The number of halogens is 1. The molecule has 0 aliphatic heterocycles. The van der Waals surface area contributed by atoms with Gasteiger partial charge in [0.2, 0.25) is 0 Å². The molecule has 104 valence electrons. The summed E-state index contributed by atoms with van der Waals surface area (Å²) in [6.07, 6.45) is 4.33. The van der Waals surface area contributed by atoms with Gasteiger partial charge in [-0.2, -0.15) is 0 Å². The van der Waals surface area contributed by atoms with Crippen molar-refractivity contribution in [2.75, 3.05) is 0 Å². The highest BCUT2D eigenvalue weighted by molar-refractivity contribution is 5.35. The number of nitrogens with zero attached hydrogens (tertiary/aromatic N) is 1. The smallest absolute Gasteiger partial charge is 0.127 e. The lowest BCUT2D eigenvalue weighted by molar-refractivity contribution is 0.595. The zero-order valence-corrected chi connectivity index (χ0v) is 11.6. The molecular weight excluding hydrogens is 261 g/mol. The summed E-state index contributed by atoms with van der Waals surface area (Å²) in [6.45, 7) is 0. The zero-order valence-electron chi connectivity index (χ0n) is 11.6. The summed E-state index contributed by atoms with van der Waals surface area (Å²) in [5.41, 5.74) is 2.95. The van der Waals surface area contributed by atoms with Gasteiger partial charge < -0.3 is 0 Å². The Labute approximate surface area is 124 Å². The second kappa shape index (κ2) is 6.31. The van der Waals surface area contributed by atoms with E-state index in [2.05, 4.69) is 4.98 Å². The third-order valence-corrected chi connectivity index (χ3v) is 3.65. The van der Waals surface area contributed by atoms with Crippen molar-refractivity contribution in [2.24, 2.45) is 0 Å². The van der Waals surface area contributed by atoms with Crippen LogP contribution in [0.25, 0.3) is 0 Å². The molecule has 0 amide bonds. The van der Waals surface area contributed by atoms with Crippen molar-refractivity contribution < 1.29 is 4.39 Å². The van der Waals surface area contributed by atoms with Crippen LogP contribution in [0.5, 0.6) is 0 Å². The molecule has 3 rings (SSSR count). The molecule has 1 heterocycles. The van der Waals surface area contributed by atoms with Gasteiger partial charge in [-0.05, 0) is 35.2 Å². The monoisotopic (exact) mass is 277 g/mol. The molecule has 0 bridgehead atoms. The average Bonchev–Trinajstić information content (AvgIpc) is 2.55. The first kappa shape index (κ1) is 13.5. The Balaban J connectivity index is 2.02. The van der Waals surface area contributed by atoms with E-state index in [4.69, 9.17) is 0 Å². The minimum Gasteiger partial charge on any atom is -0.264 e. The van der Waals surface area contributed by atoms with Crippen molar-refractivity contribution in [1.29, 1.82) is 0 Å². The highest BCUT2D eigenvalue weighted by atomic mass is 19.1. The van der Waals surface area contributed by atoms with E-state index >= 15 is 0 Å². The first-order chi connectivity index (χ1) is 10.3. The first-order valence-corrected chi connectivity index (χ1v) is 7.03. The fourth-order valence-corrected chi connectivity index (χ4v) is 2.60. The van der Waals surface area contributed by atoms with Crippen LogP contribution in [-0.2, 0) is 6.42 Å². The van der Waals surface area contributed by atoms with Gasteiger partial charge in [-0.3, -0.25) is 4.98 Å². The largest absolute Gasteiger partial charge is 0.264 e. The lowest BCUT2D eigenvalue weighted by Gasteiger charge is -2.18. The van der Waals surface area contributed by atoms with Crippen LogP contribution in [-0.4, -0.2) is 4.98 Å². The molecule has 0 saturated carbocycles. The molecule has 0 saturated heterocycles. The highest BCUT2D eigenvalue weighted by Gasteiger charge is 2.18. The van der Waals surface area contributed by atoms with Crippen LogP contribution >= 0.6 is 0 Å². The van der Waals surface area contributed by atoms with E-state index in [1.807, 2.05) is 60.8 Å². The highest BCUT2D eigenvalue weighted by Crippen LogP contribution is 2.29. The van der Waals surface area contributed by atoms with Crippen molar-refractivity contribution in [1.82, 2.24) is 4.98 Å². The maximum atomic E-state index is 14.2. The molecule has 2 aromatic carbocycles. The molecule has 0 aliphatic rings. The van der Waals surface area contributed by atoms with Gasteiger partial charge in [0.05, 0.1) is 0 Å². The molecule has 0 N–H and O–H groups in total. The number of rotatable bonds is 4. The van der Waals surface area contributed by atoms with Crippen LogP contribution < -0.4 is 0 Å². The SMILES string of the molecule is Fc1ccccc1C(Cc1cccnc1)c1ccccc1. The normalized spacial score (nSPS) is 12.0. The number of hydrogen-bond donors (Lipinski definition) is 0. The Morgan fingerprint density at radius 3 is 2.33 bits per heavy atom. The Kier molecular flexibility index (Phi) is 4.06. The van der Waals surface area contributed by atoms with Crippen LogP contribution in [0.1, 0.15) is 22.6 Å². The molecule has 0 fully saturated rings. The third-order valence-electron chi connectivity index (χ3n) is 3.65. The quantitative estimate of drug-likeness (QED) is 0.679. The van der Waals surface area contributed by atoms with Crippen LogP contribution in [0.4, 0.5) is 4.39 Å². The van der Waals surface area contributed by atoms with Crippen LogP contribution in [0.15, 0.2) is 79.1 Å². The zero-order chi connectivity index (χ0) is 14.5. The number of benzene rings is 2. The second-order valence-corrected chi connectivity index (χ2v) is 5.05. The average molecular weight is 277 g/mol. The Morgan fingerprint density at radius 1 is 0.857 bits per heavy atom. The number of aromatic nitrogens is 1. The van der Waals surface area contributed by atoms with E-state index in [0.717, 1.165) is 23.1 Å². The van der Waals surface area contributed by atoms with Gasteiger partial charge in [-0.1, -0.05) is 54.6 Å². The van der Waals surface area contributed by atoms with E-state index in [9.17, 15) is 4.39 Å². The van der Waals surface area contributed by atoms with Gasteiger partial charge in [0.1, 0.15) is 5.82 Å². The van der Waals surface area contributed by atoms with Crippen LogP contribution in [0.3, 0.4) is 0 Å². The third kappa shape index (κ3) is 3.16. The molecular formula is C19H16FN. The lowest BCUT2D eigenvalue weighted by Crippen LogP contribution is -2.07. The molecule has 21 heavy (non-hydrogen) atoms. The van der Waals surface area contributed by atoms with E-state index in [-0.39, 0.29) is 11.7 Å². The summed E-state index contributed by atoms with van der Waals surface area (Å²) < 4.78 is 14.2.